The molecular formula is C13H13FN2O2. The number of methoxy groups -OCH3 is 1. The molecule has 1 heterocycles. The fraction of sp³-hybridized carbons (Fsp3) is 0.154. The van der Waals surface area contributed by atoms with Crippen molar-refractivity contribution in [2.75, 3.05) is 12.8 Å². The lowest BCUT2D eigenvalue weighted by Crippen LogP contribution is -2.10. The maximum absolute atomic E-state index is 13.1. The molecule has 2 rings (SSSR count). The van der Waals surface area contributed by atoms with Crippen LogP contribution in [0, 0.1) is 5.82 Å². The van der Waals surface area contributed by atoms with Gasteiger partial charge in [0.2, 0.25) is 0 Å². The van der Waals surface area contributed by atoms with Crippen LogP contribution < -0.4 is 5.73 Å². The van der Waals surface area contributed by atoms with Crippen LogP contribution in [0.3, 0.4) is 0 Å². The van der Waals surface area contributed by atoms with Gasteiger partial charge in [-0.05, 0) is 23.8 Å². The number of carbonyl (C=O) groups excluding carboxylic acids is 1. The number of carbonyl (C=O) groups is 1. The van der Waals surface area contributed by atoms with E-state index in [0.717, 1.165) is 5.56 Å². The molecule has 0 fully saturated rings. The lowest BCUT2D eigenvalue weighted by Gasteiger charge is -2.07. The van der Waals surface area contributed by atoms with Gasteiger partial charge in [-0.3, -0.25) is 0 Å². The van der Waals surface area contributed by atoms with Crippen LogP contribution in [0.5, 0.6) is 0 Å². The maximum Gasteiger partial charge on any atom is 0.354 e. The van der Waals surface area contributed by atoms with Crippen molar-refractivity contribution in [1.82, 2.24) is 4.57 Å². The molecule has 5 heteroatoms. The average Bonchev–Trinajstić information content (AvgIpc) is 2.69. The number of ether oxygens (including phenoxy) is 1. The first-order valence-corrected chi connectivity index (χ1v) is 5.38. The molecule has 2 aromatic rings. The van der Waals surface area contributed by atoms with Gasteiger partial charge in [-0.15, -0.1) is 0 Å². The third kappa shape index (κ3) is 2.51. The Morgan fingerprint density at radius 3 is 2.89 bits per heavy atom. The number of hydrogen-bond acceptors (Lipinski definition) is 3. The summed E-state index contributed by atoms with van der Waals surface area (Å²) in [6, 6.07) is 7.72. The van der Waals surface area contributed by atoms with E-state index in [1.807, 2.05) is 0 Å². The molecule has 0 aliphatic carbocycles. The van der Waals surface area contributed by atoms with E-state index in [2.05, 4.69) is 4.74 Å². The van der Waals surface area contributed by atoms with Crippen LogP contribution in [0.1, 0.15) is 16.1 Å². The summed E-state index contributed by atoms with van der Waals surface area (Å²) in [6.45, 7) is 0.361. The number of benzene rings is 1. The van der Waals surface area contributed by atoms with E-state index in [-0.39, 0.29) is 5.82 Å². The molecule has 0 aliphatic heterocycles. The highest BCUT2D eigenvalue weighted by Crippen LogP contribution is 2.14. The average molecular weight is 248 g/mol. The zero-order valence-corrected chi connectivity index (χ0v) is 9.89. The van der Waals surface area contributed by atoms with Crippen LogP contribution >= 0.6 is 0 Å². The standard InChI is InChI=1S/C13H13FN2O2/c1-18-13(17)12-6-11(15)8-16(12)7-9-3-2-4-10(14)5-9/h2-6,8H,7,15H2,1H3. The summed E-state index contributed by atoms with van der Waals surface area (Å²) in [7, 11) is 1.30. The first-order valence-electron chi connectivity index (χ1n) is 5.38. The van der Waals surface area contributed by atoms with E-state index < -0.39 is 5.97 Å². The summed E-state index contributed by atoms with van der Waals surface area (Å²) in [5.41, 5.74) is 7.21. The van der Waals surface area contributed by atoms with Gasteiger partial charge in [-0.1, -0.05) is 12.1 Å². The van der Waals surface area contributed by atoms with Crippen molar-refractivity contribution in [3.8, 4) is 0 Å². The van der Waals surface area contributed by atoms with Crippen LogP contribution in [0.15, 0.2) is 36.5 Å². The zero-order chi connectivity index (χ0) is 13.1. The molecule has 0 unspecified atom stereocenters. The predicted molar refractivity (Wildman–Crippen MR) is 65.7 cm³/mol. The number of nitrogens with zero attached hydrogens (tertiary/aromatic N) is 1. The third-order valence-electron chi connectivity index (χ3n) is 2.55. The second-order valence-electron chi connectivity index (χ2n) is 3.91. The Bertz CT molecular complexity index is 578. The summed E-state index contributed by atoms with van der Waals surface area (Å²) in [4.78, 5) is 11.5. The second-order valence-corrected chi connectivity index (χ2v) is 3.91. The number of hydrogen-bond donors (Lipinski definition) is 1. The maximum atomic E-state index is 13.1. The molecule has 0 spiro atoms. The summed E-state index contributed by atoms with van der Waals surface area (Å²) in [6.07, 6.45) is 1.62. The van der Waals surface area contributed by atoms with Gasteiger partial charge in [0.15, 0.2) is 0 Å². The fourth-order valence-electron chi connectivity index (χ4n) is 1.77. The van der Waals surface area contributed by atoms with E-state index in [1.165, 1.54) is 25.3 Å². The quantitative estimate of drug-likeness (QED) is 0.846. The lowest BCUT2D eigenvalue weighted by molar-refractivity contribution is 0.0589. The summed E-state index contributed by atoms with van der Waals surface area (Å²) < 4.78 is 19.4. The van der Waals surface area contributed by atoms with E-state index in [1.54, 1.807) is 22.9 Å². The van der Waals surface area contributed by atoms with Gasteiger partial charge in [-0.2, -0.15) is 0 Å². The van der Waals surface area contributed by atoms with Crippen molar-refractivity contribution >= 4 is 11.7 Å². The van der Waals surface area contributed by atoms with E-state index in [9.17, 15) is 9.18 Å². The van der Waals surface area contributed by atoms with Gasteiger partial charge in [0.1, 0.15) is 11.5 Å². The van der Waals surface area contributed by atoms with E-state index >= 15 is 0 Å². The van der Waals surface area contributed by atoms with Gasteiger partial charge >= 0.3 is 5.97 Å². The minimum Gasteiger partial charge on any atom is -0.464 e. The molecule has 0 aliphatic rings. The Balaban J connectivity index is 2.31. The number of aromatic nitrogens is 1. The molecule has 1 aromatic carbocycles. The first-order chi connectivity index (χ1) is 8.60. The normalized spacial score (nSPS) is 10.3. The summed E-state index contributed by atoms with van der Waals surface area (Å²) >= 11 is 0. The first kappa shape index (κ1) is 12.2. The molecule has 0 bridgehead atoms. The van der Waals surface area contributed by atoms with Gasteiger partial charge in [0.25, 0.3) is 0 Å². The topological polar surface area (TPSA) is 57.2 Å². The van der Waals surface area contributed by atoms with Crippen LogP contribution in [0.2, 0.25) is 0 Å². The molecule has 0 radical (unpaired) electrons. The highest BCUT2D eigenvalue weighted by molar-refractivity contribution is 5.89. The Morgan fingerprint density at radius 1 is 1.44 bits per heavy atom. The van der Waals surface area contributed by atoms with E-state index in [0.29, 0.717) is 17.9 Å². The molecule has 18 heavy (non-hydrogen) atoms. The minimum atomic E-state index is -0.469. The number of halogens is 1. The fourth-order valence-corrected chi connectivity index (χ4v) is 1.77. The summed E-state index contributed by atoms with van der Waals surface area (Å²) in [5.74, 6) is -0.782. The van der Waals surface area contributed by atoms with Gasteiger partial charge < -0.3 is 15.0 Å². The van der Waals surface area contributed by atoms with Crippen molar-refractivity contribution in [1.29, 1.82) is 0 Å². The Labute approximate surface area is 104 Å². The zero-order valence-electron chi connectivity index (χ0n) is 9.89. The SMILES string of the molecule is COC(=O)c1cc(N)cn1Cc1cccc(F)c1. The lowest BCUT2D eigenvalue weighted by atomic mass is 10.2. The smallest absolute Gasteiger partial charge is 0.354 e. The number of rotatable bonds is 3. The molecule has 94 valence electrons. The van der Waals surface area contributed by atoms with Gasteiger partial charge in [0, 0.05) is 12.7 Å². The van der Waals surface area contributed by atoms with Gasteiger partial charge in [0.05, 0.1) is 12.8 Å². The molecule has 0 saturated carbocycles. The van der Waals surface area contributed by atoms with Crippen molar-refractivity contribution in [2.45, 2.75) is 6.54 Å². The monoisotopic (exact) mass is 248 g/mol. The Kier molecular flexibility index (Phi) is 3.32. The van der Waals surface area contributed by atoms with E-state index in [4.69, 9.17) is 5.73 Å². The van der Waals surface area contributed by atoms with Crippen molar-refractivity contribution in [3.05, 3.63) is 53.6 Å². The number of anilines is 1. The van der Waals surface area contributed by atoms with Crippen LogP contribution in [-0.2, 0) is 11.3 Å². The molecule has 0 atom stereocenters. The third-order valence-corrected chi connectivity index (χ3v) is 2.55. The van der Waals surface area contributed by atoms with Crippen molar-refractivity contribution < 1.29 is 13.9 Å². The molecule has 0 amide bonds. The molecule has 0 saturated heterocycles. The van der Waals surface area contributed by atoms with Crippen LogP contribution in [0.25, 0.3) is 0 Å². The Morgan fingerprint density at radius 2 is 2.22 bits per heavy atom. The summed E-state index contributed by atoms with van der Waals surface area (Å²) in [5, 5.41) is 0. The number of nitrogens with two attached hydrogens (primary N) is 1. The van der Waals surface area contributed by atoms with Gasteiger partial charge in [-0.25, -0.2) is 9.18 Å². The minimum absolute atomic E-state index is 0.313. The van der Waals surface area contributed by atoms with Crippen molar-refractivity contribution in [2.24, 2.45) is 0 Å². The Hall–Kier alpha value is -2.30. The van der Waals surface area contributed by atoms with Crippen molar-refractivity contribution in [3.63, 3.8) is 0 Å². The highest BCUT2D eigenvalue weighted by Gasteiger charge is 2.13. The predicted octanol–water partition coefficient (Wildman–Crippen LogP) is 2.04. The van der Waals surface area contributed by atoms with Crippen LogP contribution in [0.4, 0.5) is 10.1 Å². The van der Waals surface area contributed by atoms with Crippen LogP contribution in [-0.4, -0.2) is 17.6 Å². The second kappa shape index (κ2) is 4.91. The highest BCUT2D eigenvalue weighted by atomic mass is 19.1. The molecular weight excluding hydrogens is 235 g/mol. The number of nitrogen functional groups attached to an aromatic ring is 1. The molecule has 2 N–H and O–H groups in total. The molecule has 1 aromatic heterocycles. The number of esters is 1. The largest absolute Gasteiger partial charge is 0.464 e. The molecule has 4 nitrogen and oxygen atoms in total.